The molecule has 0 saturated carbocycles. The van der Waals surface area contributed by atoms with Crippen LogP contribution in [0.2, 0.25) is 0 Å². The van der Waals surface area contributed by atoms with E-state index < -0.39 is 30.0 Å². The Balaban J connectivity index is 2.39. The largest absolute Gasteiger partial charge is 0.497 e. The van der Waals surface area contributed by atoms with E-state index in [2.05, 4.69) is 0 Å². The van der Waals surface area contributed by atoms with Crippen molar-refractivity contribution in [1.29, 1.82) is 0 Å². The van der Waals surface area contributed by atoms with Gasteiger partial charge >= 0.3 is 7.12 Å². The van der Waals surface area contributed by atoms with Crippen molar-refractivity contribution in [2.45, 2.75) is 45.8 Å². The molecule has 1 aromatic carbocycles. The van der Waals surface area contributed by atoms with Gasteiger partial charge in [-0.25, -0.2) is 8.78 Å². The van der Waals surface area contributed by atoms with Crippen molar-refractivity contribution in [2.75, 3.05) is 0 Å². The summed E-state index contributed by atoms with van der Waals surface area (Å²) in [7, 11) is -0.797. The van der Waals surface area contributed by atoms with Crippen LogP contribution in [0, 0.1) is 18.6 Å². The fourth-order valence-electron chi connectivity index (χ4n) is 1.83. The topological polar surface area (TPSA) is 18.5 Å². The Kier molecular flexibility index (Phi) is 3.02. The molecule has 0 spiro atoms. The highest BCUT2D eigenvalue weighted by atomic mass is 19.1. The summed E-state index contributed by atoms with van der Waals surface area (Å²) in [5, 5.41) is 0. The first-order valence-electron chi connectivity index (χ1n) is 5.96. The predicted molar refractivity (Wildman–Crippen MR) is 66.8 cm³/mol. The maximum absolute atomic E-state index is 14.0. The first-order chi connectivity index (χ1) is 8.16. The molecule has 0 unspecified atom stereocenters. The van der Waals surface area contributed by atoms with Crippen LogP contribution < -0.4 is 5.46 Å². The van der Waals surface area contributed by atoms with Gasteiger partial charge in [0.2, 0.25) is 0 Å². The van der Waals surface area contributed by atoms with Crippen molar-refractivity contribution in [3.05, 3.63) is 29.3 Å². The standard InChI is InChI=1S/C13H17BF2O2/c1-8-10(15)7-6-9(11(8)16)14-17-12(2,3)13(4,5)18-14/h6-7H,1-5H3. The maximum Gasteiger partial charge on any atom is 0.497 e. The van der Waals surface area contributed by atoms with E-state index in [1.165, 1.54) is 19.1 Å². The Morgan fingerprint density at radius 2 is 1.50 bits per heavy atom. The van der Waals surface area contributed by atoms with Gasteiger partial charge in [-0.05, 0) is 40.7 Å². The van der Waals surface area contributed by atoms with Gasteiger partial charge in [0.25, 0.3) is 0 Å². The van der Waals surface area contributed by atoms with Crippen molar-refractivity contribution in [3.63, 3.8) is 0 Å². The molecule has 18 heavy (non-hydrogen) atoms. The highest BCUT2D eigenvalue weighted by Gasteiger charge is 2.52. The van der Waals surface area contributed by atoms with Gasteiger partial charge in [-0.3, -0.25) is 0 Å². The number of hydrogen-bond acceptors (Lipinski definition) is 2. The molecular weight excluding hydrogens is 237 g/mol. The zero-order chi connectivity index (χ0) is 13.7. The Hall–Kier alpha value is -0.935. The normalized spacial score (nSPS) is 21.4. The van der Waals surface area contributed by atoms with Crippen LogP contribution in [0.25, 0.3) is 0 Å². The minimum Gasteiger partial charge on any atom is -0.399 e. The molecule has 2 nitrogen and oxygen atoms in total. The average molecular weight is 254 g/mol. The highest BCUT2D eigenvalue weighted by molar-refractivity contribution is 6.62. The van der Waals surface area contributed by atoms with Crippen molar-refractivity contribution >= 4 is 12.6 Å². The SMILES string of the molecule is Cc1c(F)ccc(B2OC(C)(C)C(C)(C)O2)c1F. The fourth-order valence-corrected chi connectivity index (χ4v) is 1.83. The lowest BCUT2D eigenvalue weighted by molar-refractivity contribution is 0.00578. The summed E-state index contributed by atoms with van der Waals surface area (Å²) in [6.45, 7) is 8.96. The maximum atomic E-state index is 14.0. The summed E-state index contributed by atoms with van der Waals surface area (Å²) in [6, 6.07) is 2.61. The molecule has 1 fully saturated rings. The van der Waals surface area contributed by atoms with E-state index in [0.717, 1.165) is 0 Å². The van der Waals surface area contributed by atoms with Gasteiger partial charge in [0, 0.05) is 11.0 Å². The molecule has 0 aromatic heterocycles. The van der Waals surface area contributed by atoms with Gasteiger partial charge in [-0.15, -0.1) is 0 Å². The third-order valence-corrected chi connectivity index (χ3v) is 3.86. The summed E-state index contributed by atoms with van der Waals surface area (Å²) in [5.41, 5.74) is -0.839. The van der Waals surface area contributed by atoms with Crippen molar-refractivity contribution in [3.8, 4) is 0 Å². The molecule has 1 aromatic rings. The molecule has 1 heterocycles. The second-order valence-electron chi connectivity index (χ2n) is 5.66. The van der Waals surface area contributed by atoms with Gasteiger partial charge in [0.15, 0.2) is 0 Å². The van der Waals surface area contributed by atoms with Gasteiger partial charge in [-0.1, -0.05) is 6.07 Å². The minimum atomic E-state index is -0.797. The van der Waals surface area contributed by atoms with Gasteiger partial charge < -0.3 is 9.31 Å². The summed E-state index contributed by atoms with van der Waals surface area (Å²) in [6.07, 6.45) is 0. The second-order valence-corrected chi connectivity index (χ2v) is 5.66. The van der Waals surface area contributed by atoms with Gasteiger partial charge in [-0.2, -0.15) is 0 Å². The van der Waals surface area contributed by atoms with E-state index in [4.69, 9.17) is 9.31 Å². The summed E-state index contributed by atoms with van der Waals surface area (Å²) in [4.78, 5) is 0. The first kappa shape index (κ1) is 13.5. The molecule has 1 aliphatic rings. The molecule has 98 valence electrons. The van der Waals surface area contributed by atoms with E-state index in [9.17, 15) is 8.78 Å². The van der Waals surface area contributed by atoms with E-state index in [1.807, 2.05) is 27.7 Å². The lowest BCUT2D eigenvalue weighted by Gasteiger charge is -2.32. The van der Waals surface area contributed by atoms with Crippen LogP contribution in [-0.2, 0) is 9.31 Å². The second kappa shape index (κ2) is 4.03. The first-order valence-corrected chi connectivity index (χ1v) is 5.96. The highest BCUT2D eigenvalue weighted by Crippen LogP contribution is 2.36. The molecular formula is C13H17BF2O2. The van der Waals surface area contributed by atoms with Crippen molar-refractivity contribution in [2.24, 2.45) is 0 Å². The van der Waals surface area contributed by atoms with Gasteiger partial charge in [0.1, 0.15) is 11.6 Å². The summed E-state index contributed by atoms with van der Waals surface area (Å²) in [5.74, 6) is -1.17. The Bertz CT molecular complexity index is 470. The van der Waals surface area contributed by atoms with E-state index in [1.54, 1.807) is 0 Å². The molecule has 1 aliphatic heterocycles. The van der Waals surface area contributed by atoms with Crippen molar-refractivity contribution in [1.82, 2.24) is 0 Å². The number of halogens is 2. The number of benzene rings is 1. The molecule has 0 atom stereocenters. The molecule has 0 radical (unpaired) electrons. The quantitative estimate of drug-likeness (QED) is 0.717. The Morgan fingerprint density at radius 1 is 1.00 bits per heavy atom. The van der Waals surface area contributed by atoms with Crippen LogP contribution in [0.4, 0.5) is 8.78 Å². The fraction of sp³-hybridized carbons (Fsp3) is 0.538. The van der Waals surface area contributed by atoms with Crippen LogP contribution in [0.5, 0.6) is 0 Å². The van der Waals surface area contributed by atoms with Crippen LogP contribution >= 0.6 is 0 Å². The summed E-state index contributed by atoms with van der Waals surface area (Å²) >= 11 is 0. The monoisotopic (exact) mass is 254 g/mol. The lowest BCUT2D eigenvalue weighted by Crippen LogP contribution is -2.41. The zero-order valence-corrected chi connectivity index (χ0v) is 11.3. The zero-order valence-electron chi connectivity index (χ0n) is 11.3. The van der Waals surface area contributed by atoms with Crippen LogP contribution in [0.15, 0.2) is 12.1 Å². The average Bonchev–Trinajstić information content (AvgIpc) is 2.45. The Labute approximate surface area is 106 Å². The third kappa shape index (κ3) is 1.95. The molecule has 0 bridgehead atoms. The molecule has 0 N–H and O–H groups in total. The molecule has 0 amide bonds. The number of hydrogen-bond donors (Lipinski definition) is 0. The van der Waals surface area contributed by atoms with Crippen LogP contribution in [0.1, 0.15) is 33.3 Å². The van der Waals surface area contributed by atoms with E-state index in [-0.39, 0.29) is 11.0 Å². The van der Waals surface area contributed by atoms with Crippen LogP contribution in [-0.4, -0.2) is 18.3 Å². The minimum absolute atomic E-state index is 0.0118. The Morgan fingerprint density at radius 3 is 2.00 bits per heavy atom. The van der Waals surface area contributed by atoms with Crippen LogP contribution in [0.3, 0.4) is 0 Å². The molecule has 5 heteroatoms. The smallest absolute Gasteiger partial charge is 0.399 e. The molecule has 2 rings (SSSR count). The predicted octanol–water partition coefficient (Wildman–Crippen LogP) is 2.57. The van der Waals surface area contributed by atoms with E-state index >= 15 is 0 Å². The van der Waals surface area contributed by atoms with Crippen molar-refractivity contribution < 1.29 is 18.1 Å². The lowest BCUT2D eigenvalue weighted by atomic mass is 9.78. The van der Waals surface area contributed by atoms with E-state index in [0.29, 0.717) is 0 Å². The summed E-state index contributed by atoms with van der Waals surface area (Å²) < 4.78 is 38.7. The van der Waals surface area contributed by atoms with Gasteiger partial charge in [0.05, 0.1) is 11.2 Å². The third-order valence-electron chi connectivity index (χ3n) is 3.86. The molecule has 1 saturated heterocycles. The molecule has 0 aliphatic carbocycles. The number of rotatable bonds is 1.